The minimum absolute atomic E-state index is 0.268. The number of carboxylic acid groups (broad SMARTS) is 1. The average Bonchev–Trinajstić information content (AvgIpc) is 2.54. The molecule has 0 aliphatic rings. The van der Waals surface area contributed by atoms with Crippen molar-refractivity contribution in [3.63, 3.8) is 0 Å². The van der Waals surface area contributed by atoms with Crippen LogP contribution >= 0.6 is 0 Å². The molecule has 116 valence electrons. The lowest BCUT2D eigenvalue weighted by atomic mass is 9.91. The minimum atomic E-state index is -0.850. The number of hydrogen-bond donors (Lipinski definition) is 2. The predicted octanol–water partition coefficient (Wildman–Crippen LogP) is 4.27. The van der Waals surface area contributed by atoms with Crippen molar-refractivity contribution in [1.29, 1.82) is 1.43 Å². The molecular formula is C17H19NO4. The fraction of sp³-hybridized carbons (Fsp3) is 0.294. The highest BCUT2D eigenvalue weighted by Gasteiger charge is 2.27. The second-order valence-electron chi connectivity index (χ2n) is 5.76. The van der Waals surface area contributed by atoms with E-state index in [0.717, 1.165) is 10.8 Å². The molecule has 5 nitrogen and oxygen atoms in total. The first-order chi connectivity index (χ1) is 10.9. The molecule has 0 fully saturated rings. The molecule has 2 rings (SSSR count). The Balaban J connectivity index is 2.21. The number of carbonyl (C=O) groups is 2. The Morgan fingerprint density at radius 2 is 1.91 bits per heavy atom. The van der Waals surface area contributed by atoms with Gasteiger partial charge >= 0.3 is 12.1 Å². The molecule has 0 aliphatic heterocycles. The molecule has 2 aromatic carbocycles. The van der Waals surface area contributed by atoms with Crippen molar-refractivity contribution in [3.8, 4) is 5.75 Å². The second kappa shape index (κ2) is 6.05. The number of anilines is 1. The number of amides is 1. The van der Waals surface area contributed by atoms with Gasteiger partial charge in [-0.25, -0.2) is 4.79 Å². The predicted molar refractivity (Wildman–Crippen MR) is 85.3 cm³/mol. The third kappa shape index (κ3) is 3.55. The number of nitrogens with one attached hydrogen (secondary N) is 1. The van der Waals surface area contributed by atoms with Crippen molar-refractivity contribution >= 4 is 28.5 Å². The first-order valence-electron chi connectivity index (χ1n) is 7.47. The molecule has 0 saturated heterocycles. The standard InChI is InChI=1S/C17H19NO4/c1-4-17(2,3)15(19)22-14-8-6-11-9-13(18-16(20)21)7-5-12(11)10-14/h5-10,18H,4H2,1-3H3,(H,20,21)/i/hT. The zero-order chi connectivity index (χ0) is 17.0. The first kappa shape index (κ1) is 14.4. The van der Waals surface area contributed by atoms with Crippen LogP contribution in [0.15, 0.2) is 36.4 Å². The first-order valence-corrected chi connectivity index (χ1v) is 7.06. The Kier molecular flexibility index (Phi) is 3.96. The van der Waals surface area contributed by atoms with Gasteiger partial charge in [-0.1, -0.05) is 19.1 Å². The van der Waals surface area contributed by atoms with E-state index in [1.807, 2.05) is 20.8 Å². The Morgan fingerprint density at radius 1 is 1.23 bits per heavy atom. The van der Waals surface area contributed by atoms with Crippen LogP contribution in [0.3, 0.4) is 0 Å². The van der Waals surface area contributed by atoms with Crippen molar-refractivity contribution in [3.05, 3.63) is 36.4 Å². The molecule has 22 heavy (non-hydrogen) atoms. The van der Waals surface area contributed by atoms with Gasteiger partial charge in [-0.05, 0) is 55.3 Å². The van der Waals surface area contributed by atoms with Crippen LogP contribution in [0.25, 0.3) is 12.2 Å². The van der Waals surface area contributed by atoms with Gasteiger partial charge in [0.2, 0.25) is 0 Å². The molecule has 0 spiro atoms. The highest BCUT2D eigenvalue weighted by atomic mass is 16.5. The van der Waals surface area contributed by atoms with E-state index in [2.05, 4.69) is 10.4 Å². The van der Waals surface area contributed by atoms with Crippen molar-refractivity contribution in [2.75, 3.05) is 5.32 Å². The van der Waals surface area contributed by atoms with Crippen molar-refractivity contribution in [2.24, 2.45) is 5.41 Å². The van der Waals surface area contributed by atoms with Gasteiger partial charge in [-0.2, -0.15) is 0 Å². The Hall–Kier alpha value is -2.56. The fourth-order valence-corrected chi connectivity index (χ4v) is 1.87. The largest absolute Gasteiger partial charge is 0.465 e. The maximum absolute atomic E-state index is 12.1. The summed E-state index contributed by atoms with van der Waals surface area (Å²) in [4.78, 5) is 23.1. The highest BCUT2D eigenvalue weighted by Crippen LogP contribution is 2.27. The summed E-state index contributed by atoms with van der Waals surface area (Å²) >= 11 is 0. The molecule has 5 heteroatoms. The normalized spacial score (nSPS) is 11.7. The van der Waals surface area contributed by atoms with Crippen LogP contribution in [0.5, 0.6) is 5.75 Å². The summed E-state index contributed by atoms with van der Waals surface area (Å²) in [5.41, 5.74) is -0.00841. The van der Waals surface area contributed by atoms with E-state index >= 15 is 0 Å². The number of carbonyl (C=O) groups excluding carboxylic acids is 1. The lowest BCUT2D eigenvalue weighted by Gasteiger charge is -2.20. The zero-order valence-corrected chi connectivity index (χ0v) is 12.8. The van der Waals surface area contributed by atoms with E-state index in [0.29, 0.717) is 17.9 Å². The van der Waals surface area contributed by atoms with Gasteiger partial charge in [-0.3, -0.25) is 10.1 Å². The van der Waals surface area contributed by atoms with Crippen molar-refractivity contribution in [2.45, 2.75) is 27.2 Å². The Bertz CT molecular complexity index is 742. The monoisotopic (exact) mass is 303 g/mol. The smallest absolute Gasteiger partial charge is 0.409 e. The van der Waals surface area contributed by atoms with E-state index in [-0.39, 0.29) is 5.97 Å². The molecule has 1 amide bonds. The third-order valence-corrected chi connectivity index (χ3v) is 3.71. The second-order valence-corrected chi connectivity index (χ2v) is 5.76. The van der Waals surface area contributed by atoms with Gasteiger partial charge < -0.3 is 9.85 Å². The molecule has 0 heterocycles. The molecular weight excluding hydrogens is 282 g/mol. The van der Waals surface area contributed by atoms with Gasteiger partial charge in [0.25, 0.3) is 1.43 Å². The summed E-state index contributed by atoms with van der Waals surface area (Å²) in [5.74, 6) is 0.214. The summed E-state index contributed by atoms with van der Waals surface area (Å²) in [7, 11) is 0. The van der Waals surface area contributed by atoms with Crippen LogP contribution in [0.2, 0.25) is 0 Å². The summed E-state index contributed by atoms with van der Waals surface area (Å²) in [6, 6.07) is 10.5. The van der Waals surface area contributed by atoms with E-state index in [9.17, 15) is 9.59 Å². The zero-order valence-electron chi connectivity index (χ0n) is 13.8. The molecule has 2 N–H and O–H groups in total. The molecule has 0 aliphatic carbocycles. The van der Waals surface area contributed by atoms with Gasteiger partial charge in [0.05, 0.1) is 5.41 Å². The summed E-state index contributed by atoms with van der Waals surface area (Å²) < 4.78 is 12.0. The van der Waals surface area contributed by atoms with Crippen LogP contribution in [0.1, 0.15) is 27.2 Å². The molecule has 0 unspecified atom stereocenters. The summed E-state index contributed by atoms with van der Waals surface area (Å²) in [5, 5.41) is 7.97. The third-order valence-electron chi connectivity index (χ3n) is 3.71. The van der Waals surface area contributed by atoms with Crippen LogP contribution < -0.4 is 10.1 Å². The highest BCUT2D eigenvalue weighted by molar-refractivity contribution is 5.91. The molecule has 0 aromatic heterocycles. The maximum Gasteiger partial charge on any atom is 0.409 e. The van der Waals surface area contributed by atoms with Crippen LogP contribution in [0.4, 0.5) is 10.5 Å². The van der Waals surface area contributed by atoms with E-state index in [1.165, 1.54) is 0 Å². The minimum Gasteiger partial charge on any atom is -0.465 e. The van der Waals surface area contributed by atoms with Crippen LogP contribution in [-0.2, 0) is 4.79 Å². The fourth-order valence-electron chi connectivity index (χ4n) is 1.87. The molecule has 0 saturated carbocycles. The Labute approximate surface area is 130 Å². The number of benzene rings is 2. The van der Waals surface area contributed by atoms with Gasteiger partial charge in [0, 0.05) is 5.69 Å². The van der Waals surface area contributed by atoms with Crippen molar-refractivity contribution < 1.29 is 19.4 Å². The van der Waals surface area contributed by atoms with E-state index < -0.39 is 11.5 Å². The summed E-state index contributed by atoms with van der Waals surface area (Å²) in [6.45, 7) is 5.64. The number of fused-ring (bicyclic) bond motifs is 1. The van der Waals surface area contributed by atoms with E-state index in [1.54, 1.807) is 36.4 Å². The number of esters is 1. The SMILES string of the molecule is [3H]OC(=O)Nc1ccc2cc(OC(=O)C(C)(C)CC)ccc2c1. The molecule has 2 aromatic rings. The van der Waals surface area contributed by atoms with Crippen molar-refractivity contribution in [1.82, 2.24) is 0 Å². The quantitative estimate of drug-likeness (QED) is 0.653. The number of hydrogen-bond acceptors (Lipinski definition) is 4. The van der Waals surface area contributed by atoms with Gasteiger partial charge in [0.15, 0.2) is 0 Å². The Morgan fingerprint density at radius 3 is 2.59 bits per heavy atom. The lowest BCUT2D eigenvalue weighted by molar-refractivity contribution is -0.144. The number of ether oxygens (including phenoxy) is 1. The molecule has 0 radical (unpaired) electrons. The lowest BCUT2D eigenvalue weighted by Crippen LogP contribution is -2.28. The van der Waals surface area contributed by atoms with Gasteiger partial charge in [0.1, 0.15) is 5.75 Å². The summed E-state index contributed by atoms with van der Waals surface area (Å²) in [6.07, 6.45) is -0.155. The molecule has 0 bridgehead atoms. The molecule has 0 atom stereocenters. The average molecular weight is 303 g/mol. The van der Waals surface area contributed by atoms with Crippen LogP contribution in [0, 0.1) is 5.41 Å². The number of rotatable bonds is 4. The maximum atomic E-state index is 12.1. The van der Waals surface area contributed by atoms with Gasteiger partial charge in [-0.15, -0.1) is 0 Å². The topological polar surface area (TPSA) is 75.6 Å². The van der Waals surface area contributed by atoms with E-state index in [4.69, 9.17) is 6.17 Å². The van der Waals surface area contributed by atoms with Crippen LogP contribution in [-0.4, -0.2) is 17.2 Å².